The Morgan fingerprint density at radius 1 is 1.09 bits per heavy atom. The molecule has 168 valence electrons. The molecule has 4 rings (SSSR count). The molecule has 0 saturated heterocycles. The number of benzene rings is 2. The highest BCUT2D eigenvalue weighted by Crippen LogP contribution is 2.11. The van der Waals surface area contributed by atoms with Crippen LogP contribution in [0.15, 0.2) is 68.7 Å². The first-order valence-electron chi connectivity index (χ1n) is 10.0. The minimum atomic E-state index is -0.716. The highest BCUT2D eigenvalue weighted by Gasteiger charge is 2.19. The first-order chi connectivity index (χ1) is 15.9. The molecule has 0 bridgehead atoms. The van der Waals surface area contributed by atoms with Gasteiger partial charge in [-0.05, 0) is 29.8 Å². The van der Waals surface area contributed by atoms with Gasteiger partial charge >= 0.3 is 5.69 Å². The predicted octanol–water partition coefficient (Wildman–Crippen LogP) is 1.37. The van der Waals surface area contributed by atoms with E-state index in [4.69, 9.17) is 4.52 Å². The molecule has 2 aromatic heterocycles. The molecule has 0 fully saturated rings. The number of carbonyl (C=O) groups excluding carboxylic acids is 1. The Labute approximate surface area is 186 Å². The predicted molar refractivity (Wildman–Crippen MR) is 115 cm³/mol. The second-order valence-electron chi connectivity index (χ2n) is 7.16. The molecule has 0 aliphatic heterocycles. The van der Waals surface area contributed by atoms with Gasteiger partial charge < -0.3 is 9.84 Å². The largest absolute Gasteiger partial charge is 0.352 e. The molecule has 1 N–H and O–H groups in total. The van der Waals surface area contributed by atoms with Crippen LogP contribution < -0.4 is 16.6 Å². The number of hydrogen-bond acceptors (Lipinski definition) is 7. The van der Waals surface area contributed by atoms with E-state index in [1.54, 1.807) is 0 Å². The van der Waals surface area contributed by atoms with Gasteiger partial charge in [0.05, 0.1) is 5.69 Å². The monoisotopic (exact) mass is 450 g/mol. The number of nitrogens with one attached hydrogen (secondary N) is 1. The van der Waals surface area contributed by atoms with Gasteiger partial charge in [-0.3, -0.25) is 14.2 Å². The molecule has 0 unspecified atom stereocenters. The maximum absolute atomic E-state index is 13.2. The van der Waals surface area contributed by atoms with Gasteiger partial charge in [0.1, 0.15) is 5.82 Å². The highest BCUT2D eigenvalue weighted by atomic mass is 19.1. The topological polar surface area (TPSA) is 125 Å². The first-order valence-corrected chi connectivity index (χ1v) is 10.0. The summed E-state index contributed by atoms with van der Waals surface area (Å²) in [5.74, 6) is -0.653. The van der Waals surface area contributed by atoms with E-state index >= 15 is 0 Å². The summed E-state index contributed by atoms with van der Waals surface area (Å²) >= 11 is 0. The molecular weight excluding hydrogens is 431 g/mol. The molecule has 0 aliphatic carbocycles. The Kier molecular flexibility index (Phi) is 6.20. The summed E-state index contributed by atoms with van der Waals surface area (Å²) in [5.41, 5.74) is -0.411. The zero-order valence-electron chi connectivity index (χ0n) is 17.6. The molecule has 2 heterocycles. The standard InChI is InChI=1S/C22H19FN6O4/c1-28-21(31)19(26-29(22(28)32)16-9-7-15(23)8-10-16)20-25-18(33-27-20)12-11-17(30)24-13-14-5-3-2-4-6-14/h2-10H,11-13H2,1H3,(H,24,30). The van der Waals surface area contributed by atoms with E-state index in [2.05, 4.69) is 20.6 Å². The fourth-order valence-corrected chi connectivity index (χ4v) is 3.02. The van der Waals surface area contributed by atoms with E-state index in [1.807, 2.05) is 30.3 Å². The lowest BCUT2D eigenvalue weighted by molar-refractivity contribution is -0.121. The van der Waals surface area contributed by atoms with Gasteiger partial charge in [0.25, 0.3) is 5.56 Å². The average Bonchev–Trinajstić information content (AvgIpc) is 3.30. The Morgan fingerprint density at radius 2 is 1.82 bits per heavy atom. The van der Waals surface area contributed by atoms with Crippen LogP contribution in [0.5, 0.6) is 0 Å². The van der Waals surface area contributed by atoms with Crippen LogP contribution in [-0.4, -0.2) is 30.4 Å². The lowest BCUT2D eigenvalue weighted by atomic mass is 10.2. The van der Waals surface area contributed by atoms with Gasteiger partial charge in [0.15, 0.2) is 5.69 Å². The molecule has 10 nitrogen and oxygen atoms in total. The van der Waals surface area contributed by atoms with Crippen LogP contribution in [0, 0.1) is 5.82 Å². The maximum Gasteiger partial charge on any atom is 0.351 e. The molecule has 0 atom stereocenters. The number of hydrogen-bond donors (Lipinski definition) is 1. The fraction of sp³-hybridized carbons (Fsp3) is 0.182. The zero-order valence-corrected chi connectivity index (χ0v) is 17.6. The van der Waals surface area contributed by atoms with Crippen molar-refractivity contribution in [1.29, 1.82) is 0 Å². The van der Waals surface area contributed by atoms with Crippen molar-refractivity contribution in [3.8, 4) is 17.2 Å². The first kappa shape index (κ1) is 21.8. The van der Waals surface area contributed by atoms with Gasteiger partial charge in [-0.25, -0.2) is 9.18 Å². The van der Waals surface area contributed by atoms with E-state index in [-0.39, 0.29) is 41.8 Å². The van der Waals surface area contributed by atoms with Crippen LogP contribution in [0.1, 0.15) is 17.9 Å². The Hall–Kier alpha value is -4.41. The molecule has 33 heavy (non-hydrogen) atoms. The van der Waals surface area contributed by atoms with E-state index in [1.165, 1.54) is 31.3 Å². The SMILES string of the molecule is Cn1c(=O)c(-c2noc(CCC(=O)NCc3ccccc3)n2)nn(-c2ccc(F)cc2)c1=O. The number of carbonyl (C=O) groups is 1. The third-order valence-corrected chi connectivity index (χ3v) is 4.82. The van der Waals surface area contributed by atoms with Crippen LogP contribution in [0.3, 0.4) is 0 Å². The Morgan fingerprint density at radius 3 is 2.55 bits per heavy atom. The second kappa shape index (κ2) is 9.39. The minimum absolute atomic E-state index is 0.106. The van der Waals surface area contributed by atoms with Crippen LogP contribution in [0.4, 0.5) is 4.39 Å². The number of halogens is 1. The summed E-state index contributed by atoms with van der Waals surface area (Å²) in [7, 11) is 1.29. The van der Waals surface area contributed by atoms with Crippen LogP contribution in [0.2, 0.25) is 0 Å². The van der Waals surface area contributed by atoms with E-state index < -0.39 is 17.1 Å². The van der Waals surface area contributed by atoms with Gasteiger partial charge in [-0.2, -0.15) is 14.8 Å². The average molecular weight is 450 g/mol. The van der Waals surface area contributed by atoms with Gasteiger partial charge in [0, 0.05) is 26.4 Å². The third-order valence-electron chi connectivity index (χ3n) is 4.82. The van der Waals surface area contributed by atoms with Crippen LogP contribution in [0.25, 0.3) is 17.2 Å². The maximum atomic E-state index is 13.2. The normalized spacial score (nSPS) is 10.8. The summed E-state index contributed by atoms with van der Waals surface area (Å²) in [5, 5.41) is 10.6. The molecule has 2 aromatic carbocycles. The van der Waals surface area contributed by atoms with Crippen molar-refractivity contribution in [2.45, 2.75) is 19.4 Å². The van der Waals surface area contributed by atoms with E-state index in [0.29, 0.717) is 6.54 Å². The number of amides is 1. The number of nitrogens with zero attached hydrogens (tertiary/aromatic N) is 5. The summed E-state index contributed by atoms with van der Waals surface area (Å²) < 4.78 is 20.2. The number of rotatable bonds is 7. The molecule has 4 aromatic rings. The quantitative estimate of drug-likeness (QED) is 0.451. The summed E-state index contributed by atoms with van der Waals surface area (Å²) in [6.07, 6.45) is 0.264. The zero-order chi connectivity index (χ0) is 23.4. The second-order valence-corrected chi connectivity index (χ2v) is 7.16. The van der Waals surface area contributed by atoms with Crippen molar-refractivity contribution in [1.82, 2.24) is 29.8 Å². The molecule has 1 amide bonds. The van der Waals surface area contributed by atoms with Crippen LogP contribution >= 0.6 is 0 Å². The molecule has 11 heteroatoms. The van der Waals surface area contributed by atoms with Gasteiger partial charge in [0.2, 0.25) is 17.6 Å². The third kappa shape index (κ3) is 4.92. The van der Waals surface area contributed by atoms with Crippen molar-refractivity contribution >= 4 is 5.91 Å². The van der Waals surface area contributed by atoms with Crippen molar-refractivity contribution < 1.29 is 13.7 Å². The summed E-state index contributed by atoms with van der Waals surface area (Å²) in [6, 6.07) is 14.5. The number of aryl methyl sites for hydroxylation is 1. The van der Waals surface area contributed by atoms with Crippen molar-refractivity contribution in [2.24, 2.45) is 7.05 Å². The van der Waals surface area contributed by atoms with E-state index in [9.17, 15) is 18.8 Å². The van der Waals surface area contributed by atoms with Crippen LogP contribution in [-0.2, 0) is 24.8 Å². The van der Waals surface area contributed by atoms with Crippen molar-refractivity contribution in [3.05, 3.63) is 92.7 Å². The van der Waals surface area contributed by atoms with Crippen molar-refractivity contribution in [3.63, 3.8) is 0 Å². The summed E-state index contributed by atoms with van der Waals surface area (Å²) in [6.45, 7) is 0.402. The number of aromatic nitrogens is 5. The highest BCUT2D eigenvalue weighted by molar-refractivity contribution is 5.76. The molecule has 0 radical (unpaired) electrons. The van der Waals surface area contributed by atoms with Gasteiger partial charge in [-0.1, -0.05) is 35.5 Å². The van der Waals surface area contributed by atoms with Gasteiger partial charge in [-0.15, -0.1) is 0 Å². The molecule has 0 saturated carbocycles. The molecular formula is C22H19FN6O4. The lowest BCUT2D eigenvalue weighted by Gasteiger charge is -2.07. The van der Waals surface area contributed by atoms with E-state index in [0.717, 1.165) is 14.8 Å². The van der Waals surface area contributed by atoms with Crippen molar-refractivity contribution in [2.75, 3.05) is 0 Å². The molecule has 0 aliphatic rings. The molecule has 0 spiro atoms. The Balaban J connectivity index is 1.50. The smallest absolute Gasteiger partial charge is 0.351 e. The fourth-order valence-electron chi connectivity index (χ4n) is 3.02. The summed E-state index contributed by atoms with van der Waals surface area (Å²) in [4.78, 5) is 41.3. The lowest BCUT2D eigenvalue weighted by Crippen LogP contribution is -2.40. The Bertz CT molecular complexity index is 1390. The minimum Gasteiger partial charge on any atom is -0.352 e.